The Morgan fingerprint density at radius 1 is 0.880 bits per heavy atom. The molecule has 0 spiro atoms. The molecule has 2 aromatic rings. The van der Waals surface area contributed by atoms with Crippen LogP contribution in [0.5, 0.6) is 0 Å². The maximum Gasteiger partial charge on any atom is 0.323 e. The zero-order valence-electron chi connectivity index (χ0n) is 14.3. The van der Waals surface area contributed by atoms with E-state index in [9.17, 15) is 14.4 Å². The Morgan fingerprint density at radius 3 is 2.20 bits per heavy atom. The van der Waals surface area contributed by atoms with Crippen LogP contribution in [0, 0.1) is 0 Å². The van der Waals surface area contributed by atoms with Gasteiger partial charge in [-0.15, -0.1) is 0 Å². The fourth-order valence-electron chi connectivity index (χ4n) is 2.15. The van der Waals surface area contributed by atoms with Crippen LogP contribution in [0.4, 0.5) is 16.2 Å². The third kappa shape index (κ3) is 5.46. The molecule has 0 unspecified atom stereocenters. The summed E-state index contributed by atoms with van der Waals surface area (Å²) in [6.45, 7) is 4.08. The van der Waals surface area contributed by atoms with Gasteiger partial charge in [0.25, 0.3) is 5.91 Å². The zero-order chi connectivity index (χ0) is 18.2. The Morgan fingerprint density at radius 2 is 1.56 bits per heavy atom. The highest BCUT2D eigenvalue weighted by molar-refractivity contribution is 6.02. The van der Waals surface area contributed by atoms with Crippen molar-refractivity contribution in [2.75, 3.05) is 17.2 Å². The van der Waals surface area contributed by atoms with E-state index >= 15 is 0 Å². The molecule has 0 atom stereocenters. The van der Waals surface area contributed by atoms with Crippen LogP contribution in [0.1, 0.15) is 41.0 Å². The molecule has 0 aromatic heterocycles. The van der Waals surface area contributed by atoms with Gasteiger partial charge in [-0.1, -0.05) is 19.1 Å². The van der Waals surface area contributed by atoms with Gasteiger partial charge in [0.1, 0.15) is 0 Å². The minimum absolute atomic E-state index is 0.0685. The van der Waals surface area contributed by atoms with Crippen LogP contribution in [0.3, 0.4) is 0 Å². The lowest BCUT2D eigenvalue weighted by Crippen LogP contribution is -2.24. The molecule has 0 aliphatic rings. The van der Waals surface area contributed by atoms with E-state index in [1.807, 2.05) is 6.92 Å². The van der Waals surface area contributed by atoms with E-state index in [0.29, 0.717) is 29.0 Å². The van der Waals surface area contributed by atoms with E-state index in [1.165, 1.54) is 6.92 Å². The summed E-state index contributed by atoms with van der Waals surface area (Å²) in [5, 5.41) is 8.14. The molecule has 6 nitrogen and oxygen atoms in total. The molecule has 0 fully saturated rings. The lowest BCUT2D eigenvalue weighted by Gasteiger charge is -2.09. The molecule has 0 heterocycles. The van der Waals surface area contributed by atoms with Crippen molar-refractivity contribution in [3.63, 3.8) is 0 Å². The van der Waals surface area contributed by atoms with Gasteiger partial charge in [-0.25, -0.2) is 4.79 Å². The molecule has 0 aliphatic heterocycles. The molecule has 3 N–H and O–H groups in total. The van der Waals surface area contributed by atoms with Crippen LogP contribution in [0.2, 0.25) is 0 Å². The smallest absolute Gasteiger partial charge is 0.323 e. The molecule has 25 heavy (non-hydrogen) atoms. The van der Waals surface area contributed by atoms with Crippen molar-refractivity contribution in [1.82, 2.24) is 5.32 Å². The summed E-state index contributed by atoms with van der Waals surface area (Å²) in [5.41, 5.74) is 2.15. The van der Waals surface area contributed by atoms with Crippen LogP contribution < -0.4 is 16.0 Å². The number of benzene rings is 2. The number of hydrogen-bond acceptors (Lipinski definition) is 3. The number of ketones is 1. The Balaban J connectivity index is 1.95. The molecule has 0 aliphatic carbocycles. The largest absolute Gasteiger partial charge is 0.352 e. The topological polar surface area (TPSA) is 87.3 Å². The standard InChI is InChI=1S/C19H21N3O3/c1-3-11-20-18(24)14-7-9-16(10-8-14)21-19(25)22-17-6-4-5-15(12-17)13(2)23/h4-10,12H,3,11H2,1-2H3,(H,20,24)(H2,21,22,25). The second-order valence-electron chi connectivity index (χ2n) is 5.55. The summed E-state index contributed by atoms with van der Waals surface area (Å²) in [7, 11) is 0. The van der Waals surface area contributed by atoms with E-state index < -0.39 is 6.03 Å². The lowest BCUT2D eigenvalue weighted by molar-refractivity contribution is 0.0952. The van der Waals surface area contributed by atoms with E-state index in [4.69, 9.17) is 0 Å². The highest BCUT2D eigenvalue weighted by atomic mass is 16.2. The van der Waals surface area contributed by atoms with Gasteiger partial charge < -0.3 is 16.0 Å². The van der Waals surface area contributed by atoms with Crippen LogP contribution in [0.25, 0.3) is 0 Å². The quantitative estimate of drug-likeness (QED) is 0.702. The van der Waals surface area contributed by atoms with E-state index in [2.05, 4.69) is 16.0 Å². The predicted octanol–water partition coefficient (Wildman–Crippen LogP) is 3.67. The molecular weight excluding hydrogens is 318 g/mol. The lowest BCUT2D eigenvalue weighted by atomic mass is 10.1. The molecule has 0 saturated carbocycles. The van der Waals surface area contributed by atoms with Crippen molar-refractivity contribution in [3.8, 4) is 0 Å². The second kappa shape index (κ2) is 8.63. The molecule has 0 saturated heterocycles. The van der Waals surface area contributed by atoms with E-state index in [0.717, 1.165) is 6.42 Å². The van der Waals surface area contributed by atoms with Gasteiger partial charge in [0.15, 0.2) is 5.78 Å². The normalized spacial score (nSPS) is 10.0. The van der Waals surface area contributed by atoms with E-state index in [-0.39, 0.29) is 11.7 Å². The zero-order valence-corrected chi connectivity index (χ0v) is 14.3. The molecule has 2 aromatic carbocycles. The molecule has 3 amide bonds. The maximum atomic E-state index is 12.0. The molecule has 2 rings (SSSR count). The average Bonchev–Trinajstić information content (AvgIpc) is 2.60. The minimum Gasteiger partial charge on any atom is -0.352 e. The first-order valence-electron chi connectivity index (χ1n) is 8.07. The van der Waals surface area contributed by atoms with Gasteiger partial charge in [0.05, 0.1) is 0 Å². The molecule has 0 radical (unpaired) electrons. The molecule has 130 valence electrons. The van der Waals surface area contributed by atoms with Crippen molar-refractivity contribution in [3.05, 3.63) is 59.7 Å². The number of amides is 3. The van der Waals surface area contributed by atoms with Gasteiger partial charge in [0.2, 0.25) is 0 Å². The van der Waals surface area contributed by atoms with Crippen LogP contribution in [-0.2, 0) is 0 Å². The van der Waals surface area contributed by atoms with Crippen molar-refractivity contribution in [1.29, 1.82) is 0 Å². The summed E-state index contributed by atoms with van der Waals surface area (Å²) >= 11 is 0. The molecule has 6 heteroatoms. The average molecular weight is 339 g/mol. The summed E-state index contributed by atoms with van der Waals surface area (Å²) in [5.74, 6) is -0.208. The highest BCUT2D eigenvalue weighted by Crippen LogP contribution is 2.13. The molecule has 0 bridgehead atoms. The van der Waals surface area contributed by atoms with Crippen molar-refractivity contribution < 1.29 is 14.4 Å². The number of urea groups is 1. The van der Waals surface area contributed by atoms with E-state index in [1.54, 1.807) is 48.5 Å². The van der Waals surface area contributed by atoms with Crippen molar-refractivity contribution in [2.45, 2.75) is 20.3 Å². The number of carbonyl (C=O) groups is 3. The van der Waals surface area contributed by atoms with Gasteiger partial charge in [-0.2, -0.15) is 0 Å². The Hall–Kier alpha value is -3.15. The maximum absolute atomic E-state index is 12.0. The number of Topliss-reactive ketones (excluding diaryl/α,β-unsaturated/α-hetero) is 1. The second-order valence-corrected chi connectivity index (χ2v) is 5.55. The Kier molecular flexibility index (Phi) is 6.28. The Labute approximate surface area is 146 Å². The van der Waals surface area contributed by atoms with Crippen LogP contribution in [0.15, 0.2) is 48.5 Å². The SMILES string of the molecule is CCCNC(=O)c1ccc(NC(=O)Nc2cccc(C(C)=O)c2)cc1. The summed E-state index contributed by atoms with van der Waals surface area (Å²) in [6, 6.07) is 12.9. The van der Waals surface area contributed by atoms with Crippen LogP contribution in [-0.4, -0.2) is 24.3 Å². The van der Waals surface area contributed by atoms with Gasteiger partial charge in [0, 0.05) is 29.0 Å². The highest BCUT2D eigenvalue weighted by Gasteiger charge is 2.07. The number of carbonyl (C=O) groups excluding carboxylic acids is 3. The minimum atomic E-state index is -0.427. The Bertz CT molecular complexity index is 770. The number of anilines is 2. The first-order valence-corrected chi connectivity index (χ1v) is 8.07. The van der Waals surface area contributed by atoms with Crippen molar-refractivity contribution in [2.24, 2.45) is 0 Å². The fraction of sp³-hybridized carbons (Fsp3) is 0.211. The van der Waals surface area contributed by atoms with Gasteiger partial charge in [-0.3, -0.25) is 9.59 Å². The van der Waals surface area contributed by atoms with Gasteiger partial charge in [-0.05, 0) is 49.7 Å². The first-order chi connectivity index (χ1) is 12.0. The summed E-state index contributed by atoms with van der Waals surface area (Å²) in [6.07, 6.45) is 0.871. The summed E-state index contributed by atoms with van der Waals surface area (Å²) in [4.78, 5) is 35.2. The van der Waals surface area contributed by atoms with Gasteiger partial charge >= 0.3 is 6.03 Å². The fourth-order valence-corrected chi connectivity index (χ4v) is 2.15. The van der Waals surface area contributed by atoms with Crippen LogP contribution >= 0.6 is 0 Å². The van der Waals surface area contributed by atoms with Crippen molar-refractivity contribution >= 4 is 29.1 Å². The number of nitrogens with one attached hydrogen (secondary N) is 3. The molecular formula is C19H21N3O3. The first kappa shape index (κ1) is 18.2. The number of rotatable bonds is 6. The summed E-state index contributed by atoms with van der Waals surface area (Å²) < 4.78 is 0. The monoisotopic (exact) mass is 339 g/mol. The third-order valence-electron chi connectivity index (χ3n) is 3.47. The third-order valence-corrected chi connectivity index (χ3v) is 3.47. The predicted molar refractivity (Wildman–Crippen MR) is 98.2 cm³/mol. The number of hydrogen-bond donors (Lipinski definition) is 3.